The number of nitrogens with zero attached hydrogens (tertiary/aromatic N) is 1. The molecule has 2 atom stereocenters. The summed E-state index contributed by atoms with van der Waals surface area (Å²) in [6.45, 7) is 6.89. The molecule has 0 spiro atoms. The third-order valence-electron chi connectivity index (χ3n) is 2.81. The van der Waals surface area contributed by atoms with Crippen molar-refractivity contribution in [3.63, 3.8) is 0 Å². The Kier molecular flexibility index (Phi) is 3.73. The summed E-state index contributed by atoms with van der Waals surface area (Å²) in [6, 6.07) is -0.418. The Morgan fingerprint density at radius 3 is 2.60 bits per heavy atom. The SMILES string of the molecule is CC(C)CC(N)C(=O)N1CCC(C)(O)C1. The molecule has 1 aliphatic rings. The van der Waals surface area contributed by atoms with E-state index < -0.39 is 11.6 Å². The number of hydrogen-bond acceptors (Lipinski definition) is 3. The molecule has 1 aliphatic heterocycles. The molecule has 0 saturated carbocycles. The normalized spacial score (nSPS) is 28.5. The number of β-amino-alcohol motifs (C(OH)–C–C–N with tert-alkyl or cyclic N) is 1. The Morgan fingerprint density at radius 2 is 2.20 bits per heavy atom. The summed E-state index contributed by atoms with van der Waals surface area (Å²) in [6.07, 6.45) is 1.35. The van der Waals surface area contributed by atoms with Crippen LogP contribution in [0, 0.1) is 5.92 Å². The Morgan fingerprint density at radius 1 is 1.60 bits per heavy atom. The van der Waals surface area contributed by atoms with Crippen LogP contribution >= 0.6 is 0 Å². The van der Waals surface area contributed by atoms with Crippen LogP contribution in [0.2, 0.25) is 0 Å². The Bertz CT molecular complexity index is 239. The molecule has 0 radical (unpaired) electrons. The van der Waals surface area contributed by atoms with Crippen LogP contribution in [0.1, 0.15) is 33.6 Å². The van der Waals surface area contributed by atoms with Crippen LogP contribution in [-0.2, 0) is 4.79 Å². The Hall–Kier alpha value is -0.610. The van der Waals surface area contributed by atoms with Crippen molar-refractivity contribution in [1.82, 2.24) is 4.90 Å². The number of likely N-dealkylation sites (tertiary alicyclic amines) is 1. The van der Waals surface area contributed by atoms with E-state index in [2.05, 4.69) is 0 Å². The standard InChI is InChI=1S/C11H22N2O2/c1-8(2)6-9(12)10(14)13-5-4-11(3,15)7-13/h8-9,15H,4-7,12H2,1-3H3. The number of rotatable bonds is 3. The van der Waals surface area contributed by atoms with Gasteiger partial charge >= 0.3 is 0 Å². The first-order chi connectivity index (χ1) is 6.82. The molecule has 0 bridgehead atoms. The van der Waals surface area contributed by atoms with Crippen molar-refractivity contribution in [3.8, 4) is 0 Å². The largest absolute Gasteiger partial charge is 0.388 e. The summed E-state index contributed by atoms with van der Waals surface area (Å²) in [4.78, 5) is 13.5. The van der Waals surface area contributed by atoms with Gasteiger partial charge in [0.2, 0.25) is 5.91 Å². The highest BCUT2D eigenvalue weighted by molar-refractivity contribution is 5.82. The molecule has 0 aromatic rings. The van der Waals surface area contributed by atoms with Crippen LogP contribution in [0.15, 0.2) is 0 Å². The maximum atomic E-state index is 11.9. The van der Waals surface area contributed by atoms with E-state index in [4.69, 9.17) is 5.73 Å². The summed E-state index contributed by atoms with van der Waals surface area (Å²) >= 11 is 0. The van der Waals surface area contributed by atoms with Gasteiger partial charge in [0.1, 0.15) is 0 Å². The molecule has 0 aromatic heterocycles. The molecule has 4 heteroatoms. The van der Waals surface area contributed by atoms with E-state index >= 15 is 0 Å². The van der Waals surface area contributed by atoms with Crippen LogP contribution in [0.3, 0.4) is 0 Å². The first-order valence-electron chi connectivity index (χ1n) is 5.58. The number of amides is 1. The lowest BCUT2D eigenvalue weighted by molar-refractivity contribution is -0.132. The highest BCUT2D eigenvalue weighted by atomic mass is 16.3. The topological polar surface area (TPSA) is 66.6 Å². The fraction of sp³-hybridized carbons (Fsp3) is 0.909. The molecular weight excluding hydrogens is 192 g/mol. The molecule has 1 rings (SSSR count). The van der Waals surface area contributed by atoms with E-state index in [0.29, 0.717) is 31.8 Å². The van der Waals surface area contributed by atoms with Gasteiger partial charge in [-0.1, -0.05) is 13.8 Å². The molecule has 4 nitrogen and oxygen atoms in total. The van der Waals surface area contributed by atoms with Crippen LogP contribution < -0.4 is 5.73 Å². The van der Waals surface area contributed by atoms with Gasteiger partial charge in [-0.25, -0.2) is 0 Å². The van der Waals surface area contributed by atoms with Gasteiger partial charge in [-0.3, -0.25) is 4.79 Å². The van der Waals surface area contributed by atoms with Crippen LogP contribution in [0.4, 0.5) is 0 Å². The molecule has 0 aromatic carbocycles. The molecule has 88 valence electrons. The van der Waals surface area contributed by atoms with Crippen molar-refractivity contribution in [2.45, 2.75) is 45.3 Å². The van der Waals surface area contributed by atoms with Crippen molar-refractivity contribution < 1.29 is 9.90 Å². The second-order valence-corrected chi connectivity index (χ2v) is 5.24. The molecule has 1 amide bonds. The number of aliphatic hydroxyl groups is 1. The molecule has 1 heterocycles. The molecular formula is C11H22N2O2. The van der Waals surface area contributed by atoms with Gasteiger partial charge in [0.15, 0.2) is 0 Å². The lowest BCUT2D eigenvalue weighted by Gasteiger charge is -2.23. The fourth-order valence-corrected chi connectivity index (χ4v) is 1.98. The summed E-state index contributed by atoms with van der Waals surface area (Å²) in [5.74, 6) is 0.397. The smallest absolute Gasteiger partial charge is 0.239 e. The Labute approximate surface area is 91.4 Å². The van der Waals surface area contributed by atoms with Crippen molar-refractivity contribution in [3.05, 3.63) is 0 Å². The van der Waals surface area contributed by atoms with Gasteiger partial charge in [0.25, 0.3) is 0 Å². The third-order valence-corrected chi connectivity index (χ3v) is 2.81. The molecule has 15 heavy (non-hydrogen) atoms. The quantitative estimate of drug-likeness (QED) is 0.712. The zero-order valence-electron chi connectivity index (χ0n) is 9.86. The number of hydrogen-bond donors (Lipinski definition) is 2. The number of carbonyl (C=O) groups is 1. The van der Waals surface area contributed by atoms with E-state index in [-0.39, 0.29) is 5.91 Å². The molecule has 0 aliphatic carbocycles. The van der Waals surface area contributed by atoms with Gasteiger partial charge in [-0.2, -0.15) is 0 Å². The summed E-state index contributed by atoms with van der Waals surface area (Å²) < 4.78 is 0. The Balaban J connectivity index is 2.48. The van der Waals surface area contributed by atoms with Gasteiger partial charge in [-0.15, -0.1) is 0 Å². The third kappa shape index (κ3) is 3.47. The predicted molar refractivity (Wildman–Crippen MR) is 59.3 cm³/mol. The zero-order chi connectivity index (χ0) is 11.6. The summed E-state index contributed by atoms with van der Waals surface area (Å²) in [5.41, 5.74) is 5.08. The zero-order valence-corrected chi connectivity index (χ0v) is 9.86. The maximum Gasteiger partial charge on any atom is 0.239 e. The second-order valence-electron chi connectivity index (χ2n) is 5.24. The van der Waals surface area contributed by atoms with Gasteiger partial charge < -0.3 is 15.7 Å². The fourth-order valence-electron chi connectivity index (χ4n) is 1.98. The van der Waals surface area contributed by atoms with E-state index in [1.807, 2.05) is 13.8 Å². The van der Waals surface area contributed by atoms with E-state index in [1.165, 1.54) is 0 Å². The van der Waals surface area contributed by atoms with Crippen molar-refractivity contribution in [1.29, 1.82) is 0 Å². The minimum absolute atomic E-state index is 0.0264. The van der Waals surface area contributed by atoms with Gasteiger partial charge in [0.05, 0.1) is 11.6 Å². The predicted octanol–water partition coefficient (Wildman–Crippen LogP) is 0.343. The molecule has 1 saturated heterocycles. The maximum absolute atomic E-state index is 11.9. The van der Waals surface area contributed by atoms with Crippen LogP contribution in [0.5, 0.6) is 0 Å². The number of nitrogens with two attached hydrogens (primary N) is 1. The summed E-state index contributed by atoms with van der Waals surface area (Å²) in [5, 5.41) is 9.74. The highest BCUT2D eigenvalue weighted by Crippen LogP contribution is 2.21. The number of carbonyl (C=O) groups excluding carboxylic acids is 1. The van der Waals surface area contributed by atoms with Crippen molar-refractivity contribution in [2.75, 3.05) is 13.1 Å². The van der Waals surface area contributed by atoms with E-state index in [1.54, 1.807) is 11.8 Å². The van der Waals surface area contributed by atoms with Crippen molar-refractivity contribution in [2.24, 2.45) is 11.7 Å². The monoisotopic (exact) mass is 214 g/mol. The van der Waals surface area contributed by atoms with Crippen molar-refractivity contribution >= 4 is 5.91 Å². The minimum atomic E-state index is -0.729. The average Bonchev–Trinajstić information content (AvgIpc) is 2.43. The molecule has 3 N–H and O–H groups in total. The first-order valence-corrected chi connectivity index (χ1v) is 5.58. The van der Waals surface area contributed by atoms with Crippen LogP contribution in [0.25, 0.3) is 0 Å². The summed E-state index contributed by atoms with van der Waals surface area (Å²) in [7, 11) is 0. The molecule has 2 unspecified atom stereocenters. The molecule has 1 fully saturated rings. The van der Waals surface area contributed by atoms with Crippen LogP contribution in [-0.4, -0.2) is 40.6 Å². The minimum Gasteiger partial charge on any atom is -0.388 e. The van der Waals surface area contributed by atoms with E-state index in [0.717, 1.165) is 0 Å². The second kappa shape index (κ2) is 4.49. The van der Waals surface area contributed by atoms with Gasteiger partial charge in [0, 0.05) is 13.1 Å². The highest BCUT2D eigenvalue weighted by Gasteiger charge is 2.35. The first kappa shape index (κ1) is 12.5. The van der Waals surface area contributed by atoms with E-state index in [9.17, 15) is 9.90 Å². The lowest BCUT2D eigenvalue weighted by Crippen LogP contribution is -2.44. The average molecular weight is 214 g/mol. The lowest BCUT2D eigenvalue weighted by atomic mass is 10.0. The van der Waals surface area contributed by atoms with Gasteiger partial charge in [-0.05, 0) is 25.7 Å².